The first kappa shape index (κ1) is 17.2. The minimum atomic E-state index is -0.434. The monoisotopic (exact) mass is 336 g/mol. The molecule has 0 aliphatic rings. The van der Waals surface area contributed by atoms with E-state index in [1.807, 2.05) is 6.07 Å². The van der Waals surface area contributed by atoms with Crippen LogP contribution in [0.3, 0.4) is 0 Å². The molecule has 1 unspecified atom stereocenters. The molecule has 0 fully saturated rings. The van der Waals surface area contributed by atoms with Gasteiger partial charge in [-0.3, -0.25) is 4.79 Å². The quantitative estimate of drug-likeness (QED) is 0.848. The molecule has 0 spiro atoms. The maximum atomic E-state index is 13.1. The van der Waals surface area contributed by atoms with Crippen molar-refractivity contribution in [3.05, 3.63) is 58.4 Å². The highest BCUT2D eigenvalue weighted by atomic mass is 35.5. The van der Waals surface area contributed by atoms with E-state index in [-0.39, 0.29) is 16.8 Å². The van der Waals surface area contributed by atoms with Crippen molar-refractivity contribution in [3.8, 4) is 11.5 Å². The Hall–Kier alpha value is -2.11. The van der Waals surface area contributed by atoms with Gasteiger partial charge in [0.15, 0.2) is 0 Å². The van der Waals surface area contributed by atoms with Gasteiger partial charge in [0.25, 0.3) is 0 Å². The smallest absolute Gasteiger partial charge is 0.220 e. The average Bonchev–Trinajstić information content (AvgIpc) is 2.50. The van der Waals surface area contributed by atoms with Crippen LogP contribution in [0.4, 0.5) is 4.39 Å². The van der Waals surface area contributed by atoms with E-state index in [1.165, 1.54) is 18.2 Å². The lowest BCUT2D eigenvalue weighted by Crippen LogP contribution is -2.23. The molecule has 1 atom stereocenters. The first-order valence-corrected chi connectivity index (χ1v) is 7.52. The van der Waals surface area contributed by atoms with Gasteiger partial charge in [0, 0.05) is 12.5 Å². The van der Waals surface area contributed by atoms with Gasteiger partial charge in [-0.05, 0) is 47.9 Å². The molecule has 0 aliphatic heterocycles. The summed E-state index contributed by atoms with van der Waals surface area (Å²) in [6.07, 6.45) is 0.468. The van der Waals surface area contributed by atoms with Crippen molar-refractivity contribution in [2.75, 3.05) is 0 Å². The molecule has 4 N–H and O–H groups in total. The van der Waals surface area contributed by atoms with Crippen LogP contribution < -0.4 is 16.2 Å². The summed E-state index contributed by atoms with van der Waals surface area (Å²) in [5.41, 5.74) is 12.8. The van der Waals surface area contributed by atoms with Crippen LogP contribution in [0.25, 0.3) is 0 Å². The maximum Gasteiger partial charge on any atom is 0.220 e. The van der Waals surface area contributed by atoms with Crippen molar-refractivity contribution in [3.63, 3.8) is 0 Å². The van der Waals surface area contributed by atoms with Crippen molar-refractivity contribution in [2.24, 2.45) is 17.4 Å². The number of benzene rings is 2. The molecule has 0 saturated heterocycles. The number of primary amides is 1. The van der Waals surface area contributed by atoms with E-state index < -0.39 is 5.82 Å². The number of amides is 1. The second-order valence-electron chi connectivity index (χ2n) is 5.32. The van der Waals surface area contributed by atoms with Gasteiger partial charge in [0.05, 0.1) is 5.02 Å². The summed E-state index contributed by atoms with van der Waals surface area (Å²) >= 11 is 5.96. The molecule has 23 heavy (non-hydrogen) atoms. The minimum Gasteiger partial charge on any atom is -0.456 e. The fourth-order valence-corrected chi connectivity index (χ4v) is 2.38. The number of hydrogen-bond donors (Lipinski definition) is 2. The third-order valence-corrected chi connectivity index (χ3v) is 3.83. The molecule has 6 heteroatoms. The molecule has 0 bridgehead atoms. The van der Waals surface area contributed by atoms with Crippen LogP contribution in [0.2, 0.25) is 5.02 Å². The fraction of sp³-hybridized carbons (Fsp3) is 0.235. The summed E-state index contributed by atoms with van der Waals surface area (Å²) in [5.74, 6) is -0.243. The molecule has 0 radical (unpaired) electrons. The van der Waals surface area contributed by atoms with Crippen molar-refractivity contribution < 1.29 is 13.9 Å². The van der Waals surface area contributed by atoms with E-state index in [2.05, 4.69) is 0 Å². The van der Waals surface area contributed by atoms with Gasteiger partial charge in [-0.15, -0.1) is 0 Å². The molecule has 2 aromatic carbocycles. The Morgan fingerprint density at radius 3 is 2.61 bits per heavy atom. The highest BCUT2D eigenvalue weighted by Gasteiger charge is 2.14. The first-order chi connectivity index (χ1) is 10.9. The van der Waals surface area contributed by atoms with Crippen molar-refractivity contribution in [2.45, 2.75) is 19.9 Å². The molecule has 0 aliphatic carbocycles. The Kier molecular flexibility index (Phi) is 5.58. The highest BCUT2D eigenvalue weighted by molar-refractivity contribution is 6.32. The Morgan fingerprint density at radius 2 is 2.00 bits per heavy atom. The predicted octanol–water partition coefficient (Wildman–Crippen LogP) is 3.39. The molecule has 0 heterocycles. The van der Waals surface area contributed by atoms with Crippen LogP contribution in [-0.2, 0) is 17.8 Å². The lowest BCUT2D eigenvalue weighted by molar-refractivity contribution is -0.121. The van der Waals surface area contributed by atoms with Crippen LogP contribution in [-0.4, -0.2) is 5.91 Å². The van der Waals surface area contributed by atoms with E-state index in [1.54, 1.807) is 19.1 Å². The summed E-state index contributed by atoms with van der Waals surface area (Å²) in [5, 5.41) is 0.181. The van der Waals surface area contributed by atoms with Crippen molar-refractivity contribution in [1.82, 2.24) is 0 Å². The molecule has 122 valence electrons. The van der Waals surface area contributed by atoms with E-state index in [0.29, 0.717) is 24.5 Å². The van der Waals surface area contributed by atoms with E-state index in [4.69, 9.17) is 27.8 Å². The third kappa shape index (κ3) is 4.43. The second-order valence-corrected chi connectivity index (χ2v) is 5.73. The molecule has 1 amide bonds. The summed E-state index contributed by atoms with van der Waals surface area (Å²) in [7, 11) is 0. The highest BCUT2D eigenvalue weighted by Crippen LogP contribution is 2.31. The lowest BCUT2D eigenvalue weighted by atomic mass is 9.96. The third-order valence-electron chi connectivity index (χ3n) is 3.53. The van der Waals surface area contributed by atoms with Gasteiger partial charge in [-0.25, -0.2) is 4.39 Å². The Balaban J connectivity index is 2.27. The largest absolute Gasteiger partial charge is 0.456 e. The maximum absolute atomic E-state index is 13.1. The standard InChI is InChI=1S/C17H18ClFN2O2/c1-10(17(21)22)6-12-7-14(4-2-11(12)9-20)23-16-5-3-13(19)8-15(16)18/h2-5,7-8,10H,6,9,20H2,1H3,(H2,21,22). The Labute approximate surface area is 139 Å². The number of carbonyl (C=O) groups is 1. The number of ether oxygens (including phenoxy) is 1. The molecule has 2 aromatic rings. The number of nitrogens with two attached hydrogens (primary N) is 2. The Bertz CT molecular complexity index is 722. The minimum absolute atomic E-state index is 0.181. The van der Waals surface area contributed by atoms with E-state index in [9.17, 15) is 9.18 Å². The Morgan fingerprint density at radius 1 is 1.26 bits per heavy atom. The first-order valence-electron chi connectivity index (χ1n) is 7.14. The molecular formula is C17H18ClFN2O2. The predicted molar refractivity (Wildman–Crippen MR) is 87.9 cm³/mol. The van der Waals surface area contributed by atoms with E-state index in [0.717, 1.165) is 11.1 Å². The normalized spacial score (nSPS) is 12.0. The van der Waals surface area contributed by atoms with Crippen LogP contribution >= 0.6 is 11.6 Å². The number of halogens is 2. The van der Waals surface area contributed by atoms with Crippen LogP contribution in [0.5, 0.6) is 11.5 Å². The molecular weight excluding hydrogens is 319 g/mol. The summed E-state index contributed by atoms with van der Waals surface area (Å²) in [6, 6.07) is 9.28. The molecule has 2 rings (SSSR count). The second kappa shape index (κ2) is 7.44. The van der Waals surface area contributed by atoms with Crippen LogP contribution in [0.15, 0.2) is 36.4 Å². The zero-order valence-corrected chi connectivity index (χ0v) is 13.4. The van der Waals surface area contributed by atoms with Gasteiger partial charge in [0.2, 0.25) is 5.91 Å². The van der Waals surface area contributed by atoms with E-state index >= 15 is 0 Å². The SMILES string of the molecule is CC(Cc1cc(Oc2ccc(F)cc2Cl)ccc1CN)C(N)=O. The van der Waals surface area contributed by atoms with Crippen molar-refractivity contribution in [1.29, 1.82) is 0 Å². The van der Waals surface area contributed by atoms with Crippen LogP contribution in [0, 0.1) is 11.7 Å². The zero-order chi connectivity index (χ0) is 17.0. The molecule has 4 nitrogen and oxygen atoms in total. The summed E-state index contributed by atoms with van der Waals surface area (Å²) in [6.45, 7) is 2.10. The van der Waals surface area contributed by atoms with Crippen molar-refractivity contribution >= 4 is 17.5 Å². The van der Waals surface area contributed by atoms with Gasteiger partial charge in [-0.1, -0.05) is 24.6 Å². The average molecular weight is 337 g/mol. The van der Waals surface area contributed by atoms with Gasteiger partial charge >= 0.3 is 0 Å². The molecule has 0 aromatic heterocycles. The summed E-state index contributed by atoms with van der Waals surface area (Å²) in [4.78, 5) is 11.3. The molecule has 0 saturated carbocycles. The number of rotatable bonds is 6. The number of hydrogen-bond acceptors (Lipinski definition) is 3. The fourth-order valence-electron chi connectivity index (χ4n) is 2.17. The zero-order valence-electron chi connectivity index (χ0n) is 12.7. The van der Waals surface area contributed by atoms with Gasteiger partial charge < -0.3 is 16.2 Å². The lowest BCUT2D eigenvalue weighted by Gasteiger charge is -2.14. The van der Waals surface area contributed by atoms with Gasteiger partial charge in [0.1, 0.15) is 17.3 Å². The summed E-state index contributed by atoms with van der Waals surface area (Å²) < 4.78 is 18.8. The topological polar surface area (TPSA) is 78.3 Å². The van der Waals surface area contributed by atoms with Crippen LogP contribution in [0.1, 0.15) is 18.1 Å². The number of carbonyl (C=O) groups excluding carboxylic acids is 1. The van der Waals surface area contributed by atoms with Gasteiger partial charge in [-0.2, -0.15) is 0 Å².